The molecule has 64 valence electrons. The summed E-state index contributed by atoms with van der Waals surface area (Å²) in [4.78, 5) is 0. The SMILES string of the molecule is CCCC(O)CCCCO.[H-].[K+]. The quantitative estimate of drug-likeness (QED) is 0.388. The van der Waals surface area contributed by atoms with Crippen molar-refractivity contribution in [2.45, 2.75) is 45.1 Å². The van der Waals surface area contributed by atoms with Crippen molar-refractivity contribution in [2.75, 3.05) is 6.61 Å². The van der Waals surface area contributed by atoms with Gasteiger partial charge in [0.1, 0.15) is 0 Å². The second kappa shape index (κ2) is 11.6. The van der Waals surface area contributed by atoms with Crippen molar-refractivity contribution in [3.63, 3.8) is 0 Å². The van der Waals surface area contributed by atoms with E-state index in [4.69, 9.17) is 5.11 Å². The van der Waals surface area contributed by atoms with Gasteiger partial charge in [0.15, 0.2) is 0 Å². The van der Waals surface area contributed by atoms with Crippen molar-refractivity contribution in [3.05, 3.63) is 0 Å². The van der Waals surface area contributed by atoms with Crippen LogP contribution in [0.2, 0.25) is 0 Å². The first-order chi connectivity index (χ1) is 4.81. The summed E-state index contributed by atoms with van der Waals surface area (Å²) < 4.78 is 0. The molecule has 0 rings (SSSR count). The Kier molecular flexibility index (Phi) is 15.8. The van der Waals surface area contributed by atoms with Crippen molar-refractivity contribution in [1.82, 2.24) is 0 Å². The van der Waals surface area contributed by atoms with Crippen LogP contribution in [0.25, 0.3) is 0 Å². The largest absolute Gasteiger partial charge is 1.00 e. The third-order valence-electron chi connectivity index (χ3n) is 1.57. The van der Waals surface area contributed by atoms with Gasteiger partial charge in [-0.05, 0) is 25.7 Å². The van der Waals surface area contributed by atoms with E-state index < -0.39 is 0 Å². The van der Waals surface area contributed by atoms with Crippen LogP contribution in [0.15, 0.2) is 0 Å². The monoisotopic (exact) mass is 186 g/mol. The summed E-state index contributed by atoms with van der Waals surface area (Å²) in [6.45, 7) is 2.31. The molecule has 2 nitrogen and oxygen atoms in total. The third-order valence-corrected chi connectivity index (χ3v) is 1.57. The molecule has 3 heteroatoms. The van der Waals surface area contributed by atoms with Crippen molar-refractivity contribution in [2.24, 2.45) is 0 Å². The number of aliphatic hydroxyl groups excluding tert-OH is 2. The Balaban J connectivity index is -0.000000405. The molecule has 0 aromatic heterocycles. The van der Waals surface area contributed by atoms with E-state index in [1.54, 1.807) is 0 Å². The van der Waals surface area contributed by atoms with E-state index >= 15 is 0 Å². The van der Waals surface area contributed by atoms with Gasteiger partial charge in [-0.25, -0.2) is 0 Å². The maximum Gasteiger partial charge on any atom is 1.00 e. The van der Waals surface area contributed by atoms with Crippen LogP contribution in [-0.4, -0.2) is 22.9 Å². The fourth-order valence-corrected chi connectivity index (χ4v) is 0.969. The molecule has 0 aromatic carbocycles. The van der Waals surface area contributed by atoms with Crippen LogP contribution in [0.4, 0.5) is 0 Å². The maximum absolute atomic E-state index is 9.19. The van der Waals surface area contributed by atoms with Crippen LogP contribution in [0.3, 0.4) is 0 Å². The van der Waals surface area contributed by atoms with Gasteiger partial charge >= 0.3 is 51.4 Å². The Morgan fingerprint density at radius 1 is 1.27 bits per heavy atom. The first-order valence-corrected chi connectivity index (χ1v) is 4.10. The summed E-state index contributed by atoms with van der Waals surface area (Å²) in [7, 11) is 0. The van der Waals surface area contributed by atoms with Crippen LogP contribution in [0.5, 0.6) is 0 Å². The first-order valence-electron chi connectivity index (χ1n) is 4.10. The summed E-state index contributed by atoms with van der Waals surface area (Å²) in [6, 6.07) is 0. The zero-order valence-electron chi connectivity index (χ0n) is 8.71. The molecule has 0 fully saturated rings. The molecule has 0 aromatic rings. The van der Waals surface area contributed by atoms with Gasteiger partial charge in [0, 0.05) is 6.61 Å². The van der Waals surface area contributed by atoms with Crippen molar-refractivity contribution in [1.29, 1.82) is 0 Å². The van der Waals surface area contributed by atoms with E-state index in [1.165, 1.54) is 0 Å². The van der Waals surface area contributed by atoms with Gasteiger partial charge in [0.2, 0.25) is 0 Å². The Hall–Kier alpha value is 1.56. The molecule has 1 atom stereocenters. The van der Waals surface area contributed by atoms with Crippen LogP contribution >= 0.6 is 0 Å². The summed E-state index contributed by atoms with van der Waals surface area (Å²) in [5.74, 6) is 0. The molecule has 0 aliphatic carbocycles. The molecule has 1 unspecified atom stereocenters. The van der Waals surface area contributed by atoms with Crippen molar-refractivity contribution >= 4 is 0 Å². The Labute approximate surface area is 113 Å². The molecule has 0 heterocycles. The van der Waals surface area contributed by atoms with Crippen LogP contribution in [0, 0.1) is 0 Å². The number of hydrogen-bond acceptors (Lipinski definition) is 2. The van der Waals surface area contributed by atoms with Crippen LogP contribution < -0.4 is 51.4 Å². The second-order valence-electron chi connectivity index (χ2n) is 2.66. The van der Waals surface area contributed by atoms with E-state index in [9.17, 15) is 5.11 Å². The number of hydrogen-bond donors (Lipinski definition) is 2. The summed E-state index contributed by atoms with van der Waals surface area (Å²) in [5, 5.41) is 17.6. The van der Waals surface area contributed by atoms with E-state index in [1.807, 2.05) is 0 Å². The average molecular weight is 186 g/mol. The predicted octanol–water partition coefficient (Wildman–Crippen LogP) is -1.57. The van der Waals surface area contributed by atoms with E-state index in [2.05, 4.69) is 6.92 Å². The number of rotatable bonds is 6. The molecule has 0 saturated heterocycles. The van der Waals surface area contributed by atoms with E-state index in [-0.39, 0.29) is 65.5 Å². The zero-order chi connectivity index (χ0) is 7.82. The minimum absolute atomic E-state index is 0. The van der Waals surface area contributed by atoms with E-state index in [0.717, 1.165) is 32.1 Å². The Bertz CT molecular complexity index is 74.1. The van der Waals surface area contributed by atoms with Crippen LogP contribution in [-0.2, 0) is 0 Å². The number of aliphatic hydroxyl groups is 2. The smallest absolute Gasteiger partial charge is 1.00 e. The summed E-state index contributed by atoms with van der Waals surface area (Å²) >= 11 is 0. The standard InChI is InChI=1S/C8H18O2.K.H/c1-2-5-8(10)6-3-4-7-9;;/h8-10H,2-7H2,1H3;;/q;+1;-1. The van der Waals surface area contributed by atoms with Gasteiger partial charge in [-0.1, -0.05) is 13.3 Å². The van der Waals surface area contributed by atoms with Crippen molar-refractivity contribution in [3.8, 4) is 0 Å². The summed E-state index contributed by atoms with van der Waals surface area (Å²) in [5.41, 5.74) is 0. The first kappa shape index (κ1) is 15.0. The molecule has 0 bridgehead atoms. The zero-order valence-corrected chi connectivity index (χ0v) is 10.8. The molecule has 0 aliphatic rings. The molecule has 0 aliphatic heterocycles. The minimum Gasteiger partial charge on any atom is -1.00 e. The van der Waals surface area contributed by atoms with E-state index in [0.29, 0.717) is 0 Å². The molecule has 0 saturated carbocycles. The molecule has 0 spiro atoms. The fourth-order valence-electron chi connectivity index (χ4n) is 0.969. The molecular formula is C8H19KO2. The molecular weight excluding hydrogens is 167 g/mol. The van der Waals surface area contributed by atoms with Gasteiger partial charge < -0.3 is 11.6 Å². The topological polar surface area (TPSA) is 40.5 Å². The predicted molar refractivity (Wildman–Crippen MR) is 43.0 cm³/mol. The third kappa shape index (κ3) is 11.6. The Morgan fingerprint density at radius 2 is 1.91 bits per heavy atom. The van der Waals surface area contributed by atoms with Gasteiger partial charge in [-0.2, -0.15) is 0 Å². The van der Waals surface area contributed by atoms with Gasteiger partial charge in [0.05, 0.1) is 6.10 Å². The molecule has 11 heavy (non-hydrogen) atoms. The number of unbranched alkanes of at least 4 members (excludes halogenated alkanes) is 1. The van der Waals surface area contributed by atoms with Crippen molar-refractivity contribution < 1.29 is 63.0 Å². The fraction of sp³-hybridized carbons (Fsp3) is 1.00. The molecule has 0 amide bonds. The molecule has 0 radical (unpaired) electrons. The van der Waals surface area contributed by atoms with Gasteiger partial charge in [-0.15, -0.1) is 0 Å². The second-order valence-corrected chi connectivity index (χ2v) is 2.66. The average Bonchev–Trinajstić information content (AvgIpc) is 1.89. The normalized spacial score (nSPS) is 12.3. The van der Waals surface area contributed by atoms with Gasteiger partial charge in [-0.3, -0.25) is 0 Å². The summed E-state index contributed by atoms with van der Waals surface area (Å²) in [6.07, 6.45) is 4.40. The van der Waals surface area contributed by atoms with Crippen LogP contribution in [0.1, 0.15) is 40.5 Å². The maximum atomic E-state index is 9.19. The van der Waals surface area contributed by atoms with Gasteiger partial charge in [0.25, 0.3) is 0 Å². The molecule has 2 N–H and O–H groups in total. The minimum atomic E-state index is -0.142. The Morgan fingerprint density at radius 3 is 2.36 bits per heavy atom.